The third kappa shape index (κ3) is 5.98. The van der Waals surface area contributed by atoms with E-state index in [9.17, 15) is 22.0 Å². The summed E-state index contributed by atoms with van der Waals surface area (Å²) in [6, 6.07) is 20.1. The van der Waals surface area contributed by atoms with Crippen molar-refractivity contribution < 1.29 is 26.7 Å². The van der Waals surface area contributed by atoms with E-state index >= 15 is 0 Å². The third-order valence-electron chi connectivity index (χ3n) is 5.35. The molecule has 0 spiro atoms. The maximum atomic E-state index is 13.2. The first-order chi connectivity index (χ1) is 16.1. The minimum Gasteiger partial charge on any atom is -0.435 e. The Bertz CT molecular complexity index is 1220. The maximum absolute atomic E-state index is 13.2. The summed E-state index contributed by atoms with van der Waals surface area (Å²) in [7, 11) is -2.28. The second kappa shape index (κ2) is 10.8. The lowest BCUT2D eigenvalue weighted by Gasteiger charge is -2.22. The number of hydrogen-bond donors (Lipinski definition) is 1. The van der Waals surface area contributed by atoms with E-state index in [-0.39, 0.29) is 22.3 Å². The Balaban J connectivity index is 1.91. The molecule has 1 unspecified atom stereocenters. The van der Waals surface area contributed by atoms with E-state index in [1.54, 1.807) is 26.0 Å². The van der Waals surface area contributed by atoms with Crippen LogP contribution in [0.3, 0.4) is 0 Å². The molecule has 3 aromatic rings. The van der Waals surface area contributed by atoms with Crippen molar-refractivity contribution in [3.05, 3.63) is 95.6 Å². The second-order valence-corrected chi connectivity index (χ2v) is 9.91. The van der Waals surface area contributed by atoms with Crippen LogP contribution in [0.1, 0.15) is 41.4 Å². The fourth-order valence-electron chi connectivity index (χ4n) is 3.30. The molecule has 1 atom stereocenters. The lowest BCUT2D eigenvalue weighted by molar-refractivity contribution is -0.0498. The Morgan fingerprint density at radius 2 is 1.53 bits per heavy atom. The van der Waals surface area contributed by atoms with Gasteiger partial charge in [-0.3, -0.25) is 4.79 Å². The van der Waals surface area contributed by atoms with Gasteiger partial charge < -0.3 is 10.1 Å². The van der Waals surface area contributed by atoms with E-state index in [2.05, 4.69) is 10.1 Å². The van der Waals surface area contributed by atoms with Crippen molar-refractivity contribution in [3.63, 3.8) is 0 Å². The predicted octanol–water partition coefficient (Wildman–Crippen LogP) is 4.84. The Morgan fingerprint density at radius 1 is 0.912 bits per heavy atom. The molecular formula is C25H26F2N2O4S. The third-order valence-corrected chi connectivity index (χ3v) is 7.38. The molecule has 0 radical (unpaired) electrons. The van der Waals surface area contributed by atoms with E-state index in [0.29, 0.717) is 5.56 Å². The van der Waals surface area contributed by atoms with Crippen LogP contribution in [0.15, 0.2) is 83.8 Å². The standard InChI is InChI=1S/C25H26F2N2O4S/c1-17(2)29(3)34(31,32)22-11-7-10-20(16-22)24(30)28-23(18-8-5-4-6-9-18)19-12-14-21(15-13-19)33-25(26)27/h4-17,23,25H,1-3H3,(H,28,30). The van der Waals surface area contributed by atoms with E-state index in [4.69, 9.17) is 0 Å². The molecule has 0 bridgehead atoms. The topological polar surface area (TPSA) is 75.7 Å². The van der Waals surface area contributed by atoms with Gasteiger partial charge in [-0.15, -0.1) is 0 Å². The minimum atomic E-state index is -3.76. The van der Waals surface area contributed by atoms with Crippen molar-refractivity contribution in [2.45, 2.75) is 37.4 Å². The summed E-state index contributed by atoms with van der Waals surface area (Å²) in [5.41, 5.74) is 1.59. The zero-order valence-corrected chi connectivity index (χ0v) is 19.8. The average Bonchev–Trinajstić information content (AvgIpc) is 2.82. The molecule has 0 saturated carbocycles. The highest BCUT2D eigenvalue weighted by molar-refractivity contribution is 7.89. The first-order valence-electron chi connectivity index (χ1n) is 10.6. The second-order valence-electron chi connectivity index (χ2n) is 7.91. The molecule has 0 aliphatic heterocycles. The fourth-order valence-corrected chi connectivity index (χ4v) is 4.72. The maximum Gasteiger partial charge on any atom is 0.387 e. The van der Waals surface area contributed by atoms with Gasteiger partial charge in [0.2, 0.25) is 10.0 Å². The normalized spacial score (nSPS) is 12.7. The van der Waals surface area contributed by atoms with Crippen molar-refractivity contribution in [1.29, 1.82) is 0 Å². The van der Waals surface area contributed by atoms with Gasteiger partial charge in [-0.1, -0.05) is 48.5 Å². The van der Waals surface area contributed by atoms with Gasteiger partial charge in [0, 0.05) is 18.7 Å². The molecular weight excluding hydrogens is 462 g/mol. The Morgan fingerprint density at radius 3 is 2.12 bits per heavy atom. The van der Waals surface area contributed by atoms with Crippen LogP contribution < -0.4 is 10.1 Å². The molecule has 3 rings (SSSR count). The van der Waals surface area contributed by atoms with Crippen LogP contribution >= 0.6 is 0 Å². The number of benzene rings is 3. The Hall–Kier alpha value is -3.30. The van der Waals surface area contributed by atoms with Crippen molar-refractivity contribution in [2.75, 3.05) is 7.05 Å². The molecule has 0 heterocycles. The van der Waals surface area contributed by atoms with E-state index in [1.807, 2.05) is 30.3 Å². The number of sulfonamides is 1. The van der Waals surface area contributed by atoms with Gasteiger partial charge in [0.15, 0.2) is 0 Å². The number of amides is 1. The molecule has 9 heteroatoms. The summed E-state index contributed by atoms with van der Waals surface area (Å²) in [6.45, 7) is 0.584. The largest absolute Gasteiger partial charge is 0.435 e. The smallest absolute Gasteiger partial charge is 0.387 e. The van der Waals surface area contributed by atoms with Gasteiger partial charge in [-0.05, 0) is 55.3 Å². The highest BCUT2D eigenvalue weighted by Gasteiger charge is 2.25. The molecule has 1 N–H and O–H groups in total. The summed E-state index contributed by atoms with van der Waals surface area (Å²) in [6.07, 6.45) is 0. The van der Waals surface area contributed by atoms with Crippen molar-refractivity contribution in [1.82, 2.24) is 9.62 Å². The van der Waals surface area contributed by atoms with Crippen LogP contribution in [-0.4, -0.2) is 38.3 Å². The molecule has 0 aliphatic rings. The summed E-state index contributed by atoms with van der Waals surface area (Å²) >= 11 is 0. The zero-order chi connectivity index (χ0) is 24.9. The summed E-state index contributed by atoms with van der Waals surface area (Å²) in [4.78, 5) is 13.2. The minimum absolute atomic E-state index is 0.00377. The van der Waals surface area contributed by atoms with Crippen LogP contribution in [0.4, 0.5) is 8.78 Å². The average molecular weight is 489 g/mol. The summed E-state index contributed by atoms with van der Waals surface area (Å²) < 4.78 is 56.3. The monoisotopic (exact) mass is 488 g/mol. The summed E-state index contributed by atoms with van der Waals surface area (Å²) in [5, 5.41) is 2.92. The molecule has 0 aliphatic carbocycles. The quantitative estimate of drug-likeness (QED) is 0.468. The number of rotatable bonds is 9. The van der Waals surface area contributed by atoms with Crippen LogP contribution in [0.2, 0.25) is 0 Å². The zero-order valence-electron chi connectivity index (χ0n) is 19.0. The lowest BCUT2D eigenvalue weighted by Crippen LogP contribution is -2.33. The highest BCUT2D eigenvalue weighted by atomic mass is 32.2. The van der Waals surface area contributed by atoms with Crippen LogP contribution in [0.5, 0.6) is 5.75 Å². The van der Waals surface area contributed by atoms with Gasteiger partial charge in [0.25, 0.3) is 5.91 Å². The summed E-state index contributed by atoms with van der Waals surface area (Å²) in [5.74, 6) is -0.477. The van der Waals surface area contributed by atoms with Gasteiger partial charge in [-0.2, -0.15) is 13.1 Å². The SMILES string of the molecule is CC(C)N(C)S(=O)(=O)c1cccc(C(=O)NC(c2ccccc2)c2ccc(OC(F)F)cc2)c1. The number of carbonyl (C=O) groups is 1. The number of nitrogens with zero attached hydrogens (tertiary/aromatic N) is 1. The van der Waals surface area contributed by atoms with Gasteiger partial charge in [0.1, 0.15) is 5.75 Å². The molecule has 3 aromatic carbocycles. The van der Waals surface area contributed by atoms with Crippen molar-refractivity contribution in [2.24, 2.45) is 0 Å². The first-order valence-corrected chi connectivity index (χ1v) is 12.0. The predicted molar refractivity (Wildman–Crippen MR) is 125 cm³/mol. The highest BCUT2D eigenvalue weighted by Crippen LogP contribution is 2.26. The molecule has 0 fully saturated rings. The molecule has 34 heavy (non-hydrogen) atoms. The van der Waals surface area contributed by atoms with Crippen LogP contribution in [0.25, 0.3) is 0 Å². The van der Waals surface area contributed by atoms with E-state index in [1.165, 1.54) is 47.8 Å². The van der Waals surface area contributed by atoms with Crippen LogP contribution in [-0.2, 0) is 10.0 Å². The molecule has 0 aromatic heterocycles. The van der Waals surface area contributed by atoms with Gasteiger partial charge in [-0.25, -0.2) is 8.42 Å². The van der Waals surface area contributed by atoms with Crippen LogP contribution in [0, 0.1) is 0 Å². The Kier molecular flexibility index (Phi) is 8.01. The molecule has 6 nitrogen and oxygen atoms in total. The lowest BCUT2D eigenvalue weighted by atomic mass is 9.98. The molecule has 0 saturated heterocycles. The number of nitrogens with one attached hydrogen (secondary N) is 1. The van der Waals surface area contributed by atoms with Crippen molar-refractivity contribution >= 4 is 15.9 Å². The number of halogens is 2. The fraction of sp³-hybridized carbons (Fsp3) is 0.240. The van der Waals surface area contributed by atoms with Crippen molar-refractivity contribution in [3.8, 4) is 5.75 Å². The number of hydrogen-bond acceptors (Lipinski definition) is 4. The first kappa shape index (κ1) is 25.3. The van der Waals surface area contributed by atoms with Gasteiger partial charge >= 0.3 is 6.61 Å². The number of ether oxygens (including phenoxy) is 1. The molecule has 1 amide bonds. The Labute approximate surface area is 198 Å². The van der Waals surface area contributed by atoms with Gasteiger partial charge in [0.05, 0.1) is 10.9 Å². The van der Waals surface area contributed by atoms with E-state index in [0.717, 1.165) is 5.56 Å². The number of alkyl halides is 2. The number of carbonyl (C=O) groups excluding carboxylic acids is 1. The van der Waals surface area contributed by atoms with E-state index < -0.39 is 28.6 Å². The molecule has 180 valence electrons.